The molecule has 0 aliphatic heterocycles. The normalized spacial score (nSPS) is 18.1. The van der Waals surface area contributed by atoms with Gasteiger partial charge in [-0.3, -0.25) is 4.68 Å². The topological polar surface area (TPSA) is 114 Å². The van der Waals surface area contributed by atoms with Crippen molar-refractivity contribution in [1.29, 1.82) is 0 Å². The number of nitrogens with zero attached hydrogens (tertiary/aromatic N) is 3. The number of sulfonamides is 1. The monoisotopic (exact) mass is 342 g/mol. The Bertz CT molecular complexity index is 824. The second-order valence-corrected chi connectivity index (χ2v) is 8.12. The molecule has 118 valence electrons. The van der Waals surface area contributed by atoms with Gasteiger partial charge in [-0.2, -0.15) is 0 Å². The van der Waals surface area contributed by atoms with E-state index >= 15 is 0 Å². The van der Waals surface area contributed by atoms with Gasteiger partial charge in [0.15, 0.2) is 0 Å². The van der Waals surface area contributed by atoms with E-state index in [1.807, 2.05) is 7.05 Å². The molecule has 2 aromatic rings. The van der Waals surface area contributed by atoms with Crippen molar-refractivity contribution in [1.82, 2.24) is 19.7 Å². The lowest BCUT2D eigenvalue weighted by Gasteiger charge is -2.22. The van der Waals surface area contributed by atoms with E-state index in [-0.39, 0.29) is 15.1 Å². The highest BCUT2D eigenvalue weighted by Crippen LogP contribution is 2.24. The molecular formula is C12H14N4O4S2. The summed E-state index contributed by atoms with van der Waals surface area (Å²) in [6, 6.07) is 2.35. The molecule has 0 saturated heterocycles. The van der Waals surface area contributed by atoms with E-state index in [1.54, 1.807) is 4.68 Å². The molecule has 3 rings (SSSR count). The maximum atomic E-state index is 12.3. The van der Waals surface area contributed by atoms with Crippen molar-refractivity contribution in [3.63, 3.8) is 0 Å². The summed E-state index contributed by atoms with van der Waals surface area (Å²) < 4.78 is 29.0. The first-order valence-corrected chi connectivity index (χ1v) is 8.89. The van der Waals surface area contributed by atoms with Gasteiger partial charge in [0.05, 0.1) is 11.4 Å². The SMILES string of the molecule is Cn1nnc2c1CCC(NS(=O)(=O)c1ccc(C(=O)O)s1)C2. The number of nitrogens with one attached hydrogen (secondary N) is 1. The van der Waals surface area contributed by atoms with Crippen LogP contribution in [0.2, 0.25) is 0 Å². The Labute approximate surface area is 130 Å². The van der Waals surface area contributed by atoms with E-state index in [0.717, 1.165) is 22.7 Å². The van der Waals surface area contributed by atoms with Crippen LogP contribution in [0.5, 0.6) is 0 Å². The zero-order valence-electron chi connectivity index (χ0n) is 11.7. The second kappa shape index (κ2) is 5.45. The van der Waals surface area contributed by atoms with Crippen LogP contribution in [0.15, 0.2) is 16.3 Å². The minimum absolute atomic E-state index is 0.000214. The van der Waals surface area contributed by atoms with Crippen LogP contribution in [0.3, 0.4) is 0 Å². The molecule has 22 heavy (non-hydrogen) atoms. The molecule has 0 spiro atoms. The van der Waals surface area contributed by atoms with Gasteiger partial charge in [0.1, 0.15) is 9.09 Å². The van der Waals surface area contributed by atoms with Crippen molar-refractivity contribution >= 4 is 27.3 Å². The lowest BCUT2D eigenvalue weighted by atomic mass is 9.97. The van der Waals surface area contributed by atoms with Gasteiger partial charge in [-0.15, -0.1) is 16.4 Å². The number of hydrogen-bond acceptors (Lipinski definition) is 6. The fourth-order valence-corrected chi connectivity index (χ4v) is 4.92. The summed E-state index contributed by atoms with van der Waals surface area (Å²) in [6.07, 6.45) is 1.85. The van der Waals surface area contributed by atoms with Crippen LogP contribution >= 0.6 is 11.3 Å². The minimum atomic E-state index is -3.72. The van der Waals surface area contributed by atoms with Crippen LogP contribution in [0.1, 0.15) is 27.5 Å². The molecule has 0 radical (unpaired) electrons. The molecule has 0 fully saturated rings. The number of carbonyl (C=O) groups is 1. The molecule has 2 heterocycles. The standard InChI is InChI=1S/C12H14N4O4S2/c1-16-9-3-2-7(6-8(9)13-15-16)14-22(19,20)11-5-4-10(21-11)12(17)18/h4-5,7,14H,2-3,6H2,1H3,(H,17,18). The predicted octanol–water partition coefficient (Wildman–Crippen LogP) is 0.411. The Kier molecular flexibility index (Phi) is 3.75. The first kappa shape index (κ1) is 15.1. The van der Waals surface area contributed by atoms with E-state index in [4.69, 9.17) is 5.11 Å². The average molecular weight is 342 g/mol. The van der Waals surface area contributed by atoms with Gasteiger partial charge >= 0.3 is 5.97 Å². The number of carboxylic acids is 1. The van der Waals surface area contributed by atoms with Gasteiger partial charge in [0.2, 0.25) is 10.0 Å². The van der Waals surface area contributed by atoms with E-state index in [9.17, 15) is 13.2 Å². The van der Waals surface area contributed by atoms with Crippen molar-refractivity contribution in [3.05, 3.63) is 28.4 Å². The predicted molar refractivity (Wildman–Crippen MR) is 78.4 cm³/mol. The van der Waals surface area contributed by atoms with Crippen LogP contribution in [-0.4, -0.2) is 40.5 Å². The van der Waals surface area contributed by atoms with Crippen LogP contribution in [0, 0.1) is 0 Å². The Hall–Kier alpha value is -1.78. The number of hydrogen-bond donors (Lipinski definition) is 2. The average Bonchev–Trinajstić information content (AvgIpc) is 3.06. The molecule has 10 heteroatoms. The maximum Gasteiger partial charge on any atom is 0.345 e. The fraction of sp³-hybridized carbons (Fsp3) is 0.417. The summed E-state index contributed by atoms with van der Waals surface area (Å²) >= 11 is 0.744. The van der Waals surface area contributed by atoms with E-state index in [0.29, 0.717) is 19.3 Å². The largest absolute Gasteiger partial charge is 0.477 e. The highest BCUT2D eigenvalue weighted by Gasteiger charge is 2.28. The molecule has 1 aliphatic carbocycles. The zero-order valence-corrected chi connectivity index (χ0v) is 13.3. The summed E-state index contributed by atoms with van der Waals surface area (Å²) in [7, 11) is -1.90. The summed E-state index contributed by atoms with van der Waals surface area (Å²) in [4.78, 5) is 10.8. The van der Waals surface area contributed by atoms with Crippen LogP contribution in [-0.2, 0) is 29.9 Å². The fourth-order valence-electron chi connectivity index (χ4n) is 2.49. The first-order valence-electron chi connectivity index (χ1n) is 6.59. The van der Waals surface area contributed by atoms with Crippen LogP contribution in [0.25, 0.3) is 0 Å². The highest BCUT2D eigenvalue weighted by atomic mass is 32.2. The van der Waals surface area contributed by atoms with Gasteiger partial charge in [-0.1, -0.05) is 5.21 Å². The van der Waals surface area contributed by atoms with Crippen molar-refractivity contribution in [2.24, 2.45) is 7.05 Å². The van der Waals surface area contributed by atoms with E-state index in [2.05, 4.69) is 15.0 Å². The second-order valence-electron chi connectivity index (χ2n) is 5.09. The number of thiophene rings is 1. The van der Waals surface area contributed by atoms with Crippen LogP contribution < -0.4 is 4.72 Å². The number of carboxylic acid groups (broad SMARTS) is 1. The highest BCUT2D eigenvalue weighted by molar-refractivity contribution is 7.91. The number of fused-ring (bicyclic) bond motifs is 1. The van der Waals surface area contributed by atoms with Crippen molar-refractivity contribution in [2.45, 2.75) is 29.5 Å². The van der Waals surface area contributed by atoms with Gasteiger partial charge in [0.25, 0.3) is 0 Å². The Balaban J connectivity index is 1.76. The van der Waals surface area contributed by atoms with E-state index < -0.39 is 16.0 Å². The first-order chi connectivity index (χ1) is 10.4. The Morgan fingerprint density at radius 1 is 1.50 bits per heavy atom. The smallest absolute Gasteiger partial charge is 0.345 e. The molecule has 1 atom stereocenters. The maximum absolute atomic E-state index is 12.3. The quantitative estimate of drug-likeness (QED) is 0.832. The number of rotatable bonds is 4. The van der Waals surface area contributed by atoms with Crippen molar-refractivity contribution in [2.75, 3.05) is 0 Å². The third-order valence-corrected chi connectivity index (χ3v) is 6.66. The summed E-state index contributed by atoms with van der Waals surface area (Å²) in [5.41, 5.74) is 1.83. The third-order valence-electron chi connectivity index (χ3n) is 3.57. The molecular weight excluding hydrogens is 328 g/mol. The number of aromatic carboxylic acids is 1. The molecule has 0 bridgehead atoms. The summed E-state index contributed by atoms with van der Waals surface area (Å²) in [6.45, 7) is 0. The molecule has 1 aliphatic rings. The molecule has 0 saturated carbocycles. The van der Waals surface area contributed by atoms with Gasteiger partial charge < -0.3 is 5.11 Å². The lowest BCUT2D eigenvalue weighted by molar-refractivity contribution is 0.0702. The minimum Gasteiger partial charge on any atom is -0.477 e. The van der Waals surface area contributed by atoms with Crippen molar-refractivity contribution < 1.29 is 18.3 Å². The molecule has 2 N–H and O–H groups in total. The summed E-state index contributed by atoms with van der Waals surface area (Å²) in [5.74, 6) is -1.13. The lowest BCUT2D eigenvalue weighted by Crippen LogP contribution is -2.38. The summed E-state index contributed by atoms with van der Waals surface area (Å²) in [5, 5.41) is 16.9. The third kappa shape index (κ3) is 2.76. The Morgan fingerprint density at radius 3 is 2.95 bits per heavy atom. The number of aromatic nitrogens is 3. The molecule has 1 unspecified atom stereocenters. The zero-order chi connectivity index (χ0) is 15.9. The molecule has 0 amide bonds. The van der Waals surface area contributed by atoms with Crippen molar-refractivity contribution in [3.8, 4) is 0 Å². The van der Waals surface area contributed by atoms with Crippen LogP contribution in [0.4, 0.5) is 0 Å². The Morgan fingerprint density at radius 2 is 2.27 bits per heavy atom. The molecule has 0 aromatic carbocycles. The molecule has 2 aromatic heterocycles. The van der Waals surface area contributed by atoms with Gasteiger partial charge in [-0.25, -0.2) is 17.9 Å². The van der Waals surface area contributed by atoms with E-state index in [1.165, 1.54) is 12.1 Å². The van der Waals surface area contributed by atoms with Gasteiger partial charge in [0, 0.05) is 19.5 Å². The molecule has 8 nitrogen and oxygen atoms in total. The van der Waals surface area contributed by atoms with Gasteiger partial charge in [-0.05, 0) is 25.0 Å². The number of aryl methyl sites for hydroxylation is 1.